The zero-order chi connectivity index (χ0) is 21.3. The molecule has 2 aromatic carbocycles. The van der Waals surface area contributed by atoms with Crippen molar-refractivity contribution in [2.75, 3.05) is 0 Å². The molecule has 4 rings (SSSR count). The van der Waals surface area contributed by atoms with Crippen molar-refractivity contribution in [3.8, 4) is 5.69 Å². The highest BCUT2D eigenvalue weighted by Gasteiger charge is 2.16. The molecule has 0 saturated carbocycles. The largest absolute Gasteiger partial charge is 0.350 e. The summed E-state index contributed by atoms with van der Waals surface area (Å²) in [6.07, 6.45) is 1.53. The van der Waals surface area contributed by atoms with Gasteiger partial charge in [0.2, 0.25) is 5.91 Å². The highest BCUT2D eigenvalue weighted by Crippen LogP contribution is 2.17. The molecule has 152 valence electrons. The molecule has 0 aliphatic carbocycles. The first-order valence-electron chi connectivity index (χ1n) is 9.15. The monoisotopic (exact) mass is 425 g/mol. The Balaban J connectivity index is 1.63. The average molecular weight is 426 g/mol. The standard InChI is InChI=1S/C21H17ClFN5O2/c1-13-17-11-25-28(16-8-6-15(23)7-9-16)20(17)21(30)27(26-13)12-19(29)24-10-14-4-2-3-5-18(14)22/h2-9,11H,10,12H2,1H3,(H,24,29). The van der Waals surface area contributed by atoms with Crippen LogP contribution in [0.3, 0.4) is 0 Å². The predicted octanol–water partition coefficient (Wildman–Crippen LogP) is 3.00. The summed E-state index contributed by atoms with van der Waals surface area (Å²) in [5.41, 5.74) is 1.66. The molecule has 0 radical (unpaired) electrons. The van der Waals surface area contributed by atoms with E-state index in [2.05, 4.69) is 15.5 Å². The molecule has 0 unspecified atom stereocenters. The lowest BCUT2D eigenvalue weighted by molar-refractivity contribution is -0.122. The maximum Gasteiger partial charge on any atom is 0.293 e. The lowest BCUT2D eigenvalue weighted by Crippen LogP contribution is -2.34. The fourth-order valence-corrected chi connectivity index (χ4v) is 3.34. The summed E-state index contributed by atoms with van der Waals surface area (Å²) in [5, 5.41) is 12.3. The normalized spacial score (nSPS) is 11.0. The quantitative estimate of drug-likeness (QED) is 0.533. The van der Waals surface area contributed by atoms with Gasteiger partial charge in [0.15, 0.2) is 0 Å². The van der Waals surface area contributed by atoms with Crippen molar-refractivity contribution >= 4 is 28.4 Å². The molecule has 2 heterocycles. The molecule has 0 bridgehead atoms. The molecular weight excluding hydrogens is 409 g/mol. The van der Waals surface area contributed by atoms with Crippen LogP contribution in [-0.2, 0) is 17.9 Å². The molecular formula is C21H17ClFN5O2. The SMILES string of the molecule is Cc1nn(CC(=O)NCc2ccccc2Cl)c(=O)c2c1cnn2-c1ccc(F)cc1. The van der Waals surface area contributed by atoms with Gasteiger partial charge >= 0.3 is 0 Å². The van der Waals surface area contributed by atoms with Crippen molar-refractivity contribution in [2.24, 2.45) is 0 Å². The van der Waals surface area contributed by atoms with Gasteiger partial charge in [-0.3, -0.25) is 9.59 Å². The molecule has 1 N–H and O–H groups in total. The van der Waals surface area contributed by atoms with Gasteiger partial charge in [0.25, 0.3) is 5.56 Å². The van der Waals surface area contributed by atoms with Gasteiger partial charge in [0, 0.05) is 17.0 Å². The number of fused-ring (bicyclic) bond motifs is 1. The molecule has 0 fully saturated rings. The molecule has 0 spiro atoms. The third-order valence-electron chi connectivity index (χ3n) is 4.67. The molecule has 0 aliphatic rings. The van der Waals surface area contributed by atoms with E-state index in [9.17, 15) is 14.0 Å². The van der Waals surface area contributed by atoms with Crippen LogP contribution < -0.4 is 10.9 Å². The van der Waals surface area contributed by atoms with E-state index >= 15 is 0 Å². The Morgan fingerprint density at radius 1 is 1.17 bits per heavy atom. The summed E-state index contributed by atoms with van der Waals surface area (Å²) in [4.78, 5) is 25.4. The molecule has 4 aromatic rings. The van der Waals surface area contributed by atoms with E-state index in [-0.39, 0.29) is 30.3 Å². The summed E-state index contributed by atoms with van der Waals surface area (Å²) in [6, 6.07) is 12.8. The molecule has 0 aliphatic heterocycles. The third-order valence-corrected chi connectivity index (χ3v) is 5.03. The number of hydrogen-bond acceptors (Lipinski definition) is 4. The maximum absolute atomic E-state index is 13.3. The molecule has 30 heavy (non-hydrogen) atoms. The van der Waals surface area contributed by atoms with Crippen LogP contribution in [0.1, 0.15) is 11.3 Å². The number of carbonyl (C=O) groups excluding carboxylic acids is 1. The minimum Gasteiger partial charge on any atom is -0.350 e. The number of carbonyl (C=O) groups is 1. The van der Waals surface area contributed by atoms with E-state index in [1.807, 2.05) is 12.1 Å². The van der Waals surface area contributed by atoms with E-state index in [1.54, 1.807) is 19.1 Å². The smallest absolute Gasteiger partial charge is 0.293 e. The lowest BCUT2D eigenvalue weighted by Gasteiger charge is -2.10. The van der Waals surface area contributed by atoms with Crippen LogP contribution in [-0.4, -0.2) is 25.5 Å². The van der Waals surface area contributed by atoms with Crippen molar-refractivity contribution in [3.63, 3.8) is 0 Å². The van der Waals surface area contributed by atoms with Gasteiger partial charge in [0.1, 0.15) is 17.9 Å². The van der Waals surface area contributed by atoms with Crippen molar-refractivity contribution < 1.29 is 9.18 Å². The zero-order valence-corrected chi connectivity index (χ0v) is 16.7. The molecule has 9 heteroatoms. The van der Waals surface area contributed by atoms with E-state index < -0.39 is 5.56 Å². The number of nitrogens with one attached hydrogen (secondary N) is 1. The Morgan fingerprint density at radius 3 is 2.63 bits per heavy atom. The number of benzene rings is 2. The van der Waals surface area contributed by atoms with Gasteiger partial charge in [-0.05, 0) is 42.8 Å². The fourth-order valence-electron chi connectivity index (χ4n) is 3.13. The lowest BCUT2D eigenvalue weighted by atomic mass is 10.2. The summed E-state index contributed by atoms with van der Waals surface area (Å²) >= 11 is 6.10. The Morgan fingerprint density at radius 2 is 1.90 bits per heavy atom. The Labute approximate surface area is 175 Å². The van der Waals surface area contributed by atoms with Crippen molar-refractivity contribution in [3.05, 3.63) is 87.2 Å². The topological polar surface area (TPSA) is 81.8 Å². The van der Waals surface area contributed by atoms with E-state index in [0.717, 1.165) is 10.2 Å². The Hall–Kier alpha value is -3.52. The molecule has 7 nitrogen and oxygen atoms in total. The number of aromatic nitrogens is 4. The first kappa shape index (κ1) is 19.8. The second-order valence-corrected chi connectivity index (χ2v) is 7.12. The Bertz CT molecular complexity index is 1300. The van der Waals surface area contributed by atoms with Crippen LogP contribution in [0, 0.1) is 12.7 Å². The zero-order valence-electron chi connectivity index (χ0n) is 16.0. The highest BCUT2D eigenvalue weighted by molar-refractivity contribution is 6.31. The average Bonchev–Trinajstić information content (AvgIpc) is 3.18. The van der Waals surface area contributed by atoms with Gasteiger partial charge in [-0.1, -0.05) is 29.8 Å². The van der Waals surface area contributed by atoms with Gasteiger partial charge in [-0.2, -0.15) is 10.2 Å². The molecule has 0 saturated heterocycles. The summed E-state index contributed by atoms with van der Waals surface area (Å²) in [6.45, 7) is 1.72. The van der Waals surface area contributed by atoms with Crippen molar-refractivity contribution in [1.82, 2.24) is 24.9 Å². The molecule has 0 atom stereocenters. The van der Waals surface area contributed by atoms with E-state index in [4.69, 9.17) is 11.6 Å². The van der Waals surface area contributed by atoms with Gasteiger partial charge in [-0.15, -0.1) is 0 Å². The second-order valence-electron chi connectivity index (χ2n) is 6.71. The van der Waals surface area contributed by atoms with Crippen LogP contribution >= 0.6 is 11.6 Å². The number of nitrogens with zero attached hydrogens (tertiary/aromatic N) is 4. The summed E-state index contributed by atoms with van der Waals surface area (Å²) < 4.78 is 15.8. The Kier molecular flexibility index (Phi) is 5.33. The minimum absolute atomic E-state index is 0.238. The maximum atomic E-state index is 13.3. The number of hydrogen-bond donors (Lipinski definition) is 1. The van der Waals surface area contributed by atoms with Crippen LogP contribution in [0.5, 0.6) is 0 Å². The number of halogens is 2. The summed E-state index contributed by atoms with van der Waals surface area (Å²) in [7, 11) is 0. The fraction of sp³-hybridized carbons (Fsp3) is 0.143. The van der Waals surface area contributed by atoms with Crippen LogP contribution in [0.15, 0.2) is 59.5 Å². The van der Waals surface area contributed by atoms with Crippen LogP contribution in [0.2, 0.25) is 5.02 Å². The minimum atomic E-state index is -0.467. The molecule has 1 amide bonds. The number of rotatable bonds is 5. The van der Waals surface area contributed by atoms with Crippen molar-refractivity contribution in [1.29, 1.82) is 0 Å². The second kappa shape index (κ2) is 8.08. The highest BCUT2D eigenvalue weighted by atomic mass is 35.5. The van der Waals surface area contributed by atoms with Gasteiger partial charge in [0.05, 0.1) is 17.6 Å². The first-order valence-corrected chi connectivity index (χ1v) is 9.53. The first-order chi connectivity index (χ1) is 14.4. The van der Waals surface area contributed by atoms with E-state index in [0.29, 0.717) is 21.8 Å². The van der Waals surface area contributed by atoms with Gasteiger partial charge in [-0.25, -0.2) is 13.8 Å². The predicted molar refractivity (Wildman–Crippen MR) is 111 cm³/mol. The van der Waals surface area contributed by atoms with Gasteiger partial charge < -0.3 is 5.32 Å². The van der Waals surface area contributed by atoms with Crippen molar-refractivity contribution in [2.45, 2.75) is 20.0 Å². The molecule has 2 aromatic heterocycles. The van der Waals surface area contributed by atoms with Crippen LogP contribution in [0.25, 0.3) is 16.6 Å². The number of aryl methyl sites for hydroxylation is 1. The third kappa shape index (κ3) is 3.81. The van der Waals surface area contributed by atoms with Crippen LogP contribution in [0.4, 0.5) is 4.39 Å². The van der Waals surface area contributed by atoms with E-state index in [1.165, 1.54) is 35.1 Å². The number of amides is 1. The summed E-state index contributed by atoms with van der Waals surface area (Å²) in [5.74, 6) is -0.767.